The van der Waals surface area contributed by atoms with Gasteiger partial charge in [0.05, 0.1) is 12.6 Å². The second-order valence-corrected chi connectivity index (χ2v) is 1.97. The molecule has 0 fully saturated rings. The lowest BCUT2D eigenvalue weighted by Crippen LogP contribution is -2.41. The molecule has 0 bridgehead atoms. The number of rotatable bonds is 3. The highest BCUT2D eigenvalue weighted by molar-refractivity contribution is 5.83. The summed E-state index contributed by atoms with van der Waals surface area (Å²) in [5, 5.41) is 24.2. The smallest absolute Gasteiger partial charge is 0.108 e. The molecule has 0 amide bonds. The Labute approximate surface area is 53.8 Å². The van der Waals surface area contributed by atoms with Crippen molar-refractivity contribution in [2.24, 2.45) is 5.73 Å². The lowest BCUT2D eigenvalue weighted by Gasteiger charge is -2.14. The van der Waals surface area contributed by atoms with Crippen molar-refractivity contribution in [3.05, 3.63) is 0 Å². The average molecular weight is 132 g/mol. The Hall–Kier alpha value is -0.450. The molecule has 0 spiro atoms. The van der Waals surface area contributed by atoms with Gasteiger partial charge in [0, 0.05) is 5.71 Å². The number of hydrogen-bond acceptors (Lipinski definition) is 4. The zero-order valence-electron chi connectivity index (χ0n) is 5.33. The quantitative estimate of drug-likeness (QED) is 0.360. The molecule has 4 nitrogen and oxygen atoms in total. The summed E-state index contributed by atoms with van der Waals surface area (Å²) < 4.78 is 0. The highest BCUT2D eigenvalue weighted by Crippen LogP contribution is 1.89. The molecule has 0 aliphatic carbocycles. The summed E-state index contributed by atoms with van der Waals surface area (Å²) in [5.41, 5.74) is 5.26. The molecule has 5 N–H and O–H groups in total. The maximum Gasteiger partial charge on any atom is 0.108 e. The Morgan fingerprint density at radius 1 is 1.78 bits per heavy atom. The first-order valence-electron chi connectivity index (χ1n) is 2.69. The molecular formula is C5H12N2O2. The van der Waals surface area contributed by atoms with Gasteiger partial charge in [-0.15, -0.1) is 0 Å². The molecule has 0 radical (unpaired) electrons. The summed E-state index contributed by atoms with van der Waals surface area (Å²) in [6.45, 7) is 1.15. The van der Waals surface area contributed by atoms with E-state index in [0.29, 0.717) is 0 Å². The van der Waals surface area contributed by atoms with Gasteiger partial charge in [0.2, 0.25) is 0 Å². The Morgan fingerprint density at radius 2 is 2.22 bits per heavy atom. The average Bonchev–Trinajstić information content (AvgIpc) is 1.84. The van der Waals surface area contributed by atoms with Crippen molar-refractivity contribution < 1.29 is 10.2 Å². The maximum atomic E-state index is 8.89. The third kappa shape index (κ3) is 2.55. The van der Waals surface area contributed by atoms with Crippen molar-refractivity contribution in [3.63, 3.8) is 0 Å². The minimum absolute atomic E-state index is 0.0801. The summed E-state index contributed by atoms with van der Waals surface area (Å²) in [4.78, 5) is 0. The van der Waals surface area contributed by atoms with Crippen LogP contribution in [-0.2, 0) is 0 Å². The summed E-state index contributed by atoms with van der Waals surface area (Å²) in [7, 11) is 0. The molecule has 0 aliphatic rings. The summed E-state index contributed by atoms with van der Waals surface area (Å²) in [5.74, 6) is 0. The van der Waals surface area contributed by atoms with Crippen LogP contribution < -0.4 is 5.73 Å². The van der Waals surface area contributed by atoms with Gasteiger partial charge < -0.3 is 21.4 Å². The highest BCUT2D eigenvalue weighted by atomic mass is 16.3. The molecule has 9 heavy (non-hydrogen) atoms. The van der Waals surface area contributed by atoms with Crippen LogP contribution in [0.15, 0.2) is 0 Å². The first kappa shape index (κ1) is 8.55. The lowest BCUT2D eigenvalue weighted by atomic mass is 10.1. The number of nitrogens with two attached hydrogens (primary N) is 1. The summed E-state index contributed by atoms with van der Waals surface area (Å²) in [6.07, 6.45) is -1.00. The van der Waals surface area contributed by atoms with Gasteiger partial charge in [0.15, 0.2) is 0 Å². The number of aliphatic hydroxyl groups is 2. The Morgan fingerprint density at radius 3 is 2.33 bits per heavy atom. The molecule has 0 aliphatic heterocycles. The molecule has 0 rings (SSSR count). The zero-order chi connectivity index (χ0) is 7.44. The van der Waals surface area contributed by atoms with Crippen LogP contribution in [-0.4, -0.2) is 34.7 Å². The first-order chi connectivity index (χ1) is 4.09. The van der Waals surface area contributed by atoms with Gasteiger partial charge in [-0.2, -0.15) is 0 Å². The predicted octanol–water partition coefficient (Wildman–Crippen LogP) is -1.29. The summed E-state index contributed by atoms with van der Waals surface area (Å²) >= 11 is 0. The fourth-order valence-corrected chi connectivity index (χ4v) is 0.421. The number of aliphatic hydroxyl groups excluding tert-OH is 2. The Balaban J connectivity index is 3.72. The number of nitrogens with one attached hydrogen (secondary N) is 1. The van der Waals surface area contributed by atoms with Crippen LogP contribution in [0.5, 0.6) is 0 Å². The second-order valence-electron chi connectivity index (χ2n) is 1.97. The summed E-state index contributed by atoms with van der Waals surface area (Å²) in [6, 6.07) is -0.720. The van der Waals surface area contributed by atoms with E-state index in [1.54, 1.807) is 0 Å². The van der Waals surface area contributed by atoms with Gasteiger partial charge >= 0.3 is 0 Å². The van der Waals surface area contributed by atoms with Crippen molar-refractivity contribution in [3.8, 4) is 0 Å². The molecule has 2 unspecified atom stereocenters. The van der Waals surface area contributed by atoms with Crippen LogP contribution in [0.2, 0.25) is 0 Å². The van der Waals surface area contributed by atoms with E-state index in [1.165, 1.54) is 6.92 Å². The predicted molar refractivity (Wildman–Crippen MR) is 34.5 cm³/mol. The fraction of sp³-hybridized carbons (Fsp3) is 0.800. The van der Waals surface area contributed by atoms with E-state index < -0.39 is 12.1 Å². The second kappa shape index (κ2) is 3.55. The van der Waals surface area contributed by atoms with E-state index in [2.05, 4.69) is 0 Å². The van der Waals surface area contributed by atoms with Crippen LogP contribution >= 0.6 is 0 Å². The van der Waals surface area contributed by atoms with Gasteiger partial charge in [-0.3, -0.25) is 0 Å². The standard InChI is InChI=1S/C5H12N2O2/c1-3(6)5(9)4(7)2-8/h4-6,8-9H,2,7H2,1H3. The van der Waals surface area contributed by atoms with Gasteiger partial charge in [-0.05, 0) is 6.92 Å². The minimum atomic E-state index is -1.00. The van der Waals surface area contributed by atoms with E-state index in [0.717, 1.165) is 0 Å². The highest BCUT2D eigenvalue weighted by Gasteiger charge is 2.14. The van der Waals surface area contributed by atoms with Crippen molar-refractivity contribution in [1.82, 2.24) is 0 Å². The first-order valence-corrected chi connectivity index (χ1v) is 2.69. The largest absolute Gasteiger partial charge is 0.395 e. The third-order valence-electron chi connectivity index (χ3n) is 1.06. The lowest BCUT2D eigenvalue weighted by molar-refractivity contribution is 0.156. The van der Waals surface area contributed by atoms with Crippen molar-refractivity contribution in [1.29, 1.82) is 5.41 Å². The molecule has 0 aromatic heterocycles. The van der Waals surface area contributed by atoms with Gasteiger partial charge in [-0.1, -0.05) is 0 Å². The molecule has 0 aromatic carbocycles. The van der Waals surface area contributed by atoms with Crippen LogP contribution in [0.4, 0.5) is 0 Å². The Bertz CT molecular complexity index is 105. The molecule has 54 valence electrons. The topological polar surface area (TPSA) is 90.3 Å². The van der Waals surface area contributed by atoms with Crippen molar-refractivity contribution >= 4 is 5.71 Å². The van der Waals surface area contributed by atoms with E-state index in [9.17, 15) is 0 Å². The number of hydrogen-bond donors (Lipinski definition) is 4. The normalized spacial score (nSPS) is 16.9. The van der Waals surface area contributed by atoms with Crippen LogP contribution in [0.1, 0.15) is 6.92 Å². The van der Waals surface area contributed by atoms with E-state index in [1.807, 2.05) is 0 Å². The molecule has 0 saturated heterocycles. The fourth-order valence-electron chi connectivity index (χ4n) is 0.421. The van der Waals surface area contributed by atoms with Crippen LogP contribution in [0.25, 0.3) is 0 Å². The van der Waals surface area contributed by atoms with Crippen LogP contribution in [0, 0.1) is 5.41 Å². The van der Waals surface area contributed by atoms with E-state index >= 15 is 0 Å². The minimum Gasteiger partial charge on any atom is -0.395 e. The zero-order valence-corrected chi connectivity index (χ0v) is 5.33. The van der Waals surface area contributed by atoms with Gasteiger partial charge in [-0.25, -0.2) is 0 Å². The molecule has 2 atom stereocenters. The van der Waals surface area contributed by atoms with Gasteiger partial charge in [0.1, 0.15) is 6.10 Å². The Kier molecular flexibility index (Phi) is 3.37. The molecule has 0 heterocycles. The SMILES string of the molecule is CC(=N)C(O)C(N)CO. The van der Waals surface area contributed by atoms with E-state index in [4.69, 9.17) is 21.4 Å². The molecule has 4 heteroatoms. The molecular weight excluding hydrogens is 120 g/mol. The monoisotopic (exact) mass is 132 g/mol. The van der Waals surface area contributed by atoms with Crippen molar-refractivity contribution in [2.75, 3.05) is 6.61 Å². The van der Waals surface area contributed by atoms with Gasteiger partial charge in [0.25, 0.3) is 0 Å². The molecule has 0 saturated carbocycles. The third-order valence-corrected chi connectivity index (χ3v) is 1.06. The molecule has 0 aromatic rings. The van der Waals surface area contributed by atoms with Crippen molar-refractivity contribution in [2.45, 2.75) is 19.1 Å². The maximum absolute atomic E-state index is 8.89. The van der Waals surface area contributed by atoms with Crippen LogP contribution in [0.3, 0.4) is 0 Å². The van der Waals surface area contributed by atoms with E-state index in [-0.39, 0.29) is 12.3 Å².